The number of rotatable bonds is 3. The zero-order valence-electron chi connectivity index (χ0n) is 14.9. The highest BCUT2D eigenvalue weighted by molar-refractivity contribution is 5.68. The zero-order chi connectivity index (χ0) is 18.0. The molecule has 1 amide bonds. The molecule has 1 saturated heterocycles. The number of benzene rings is 1. The van der Waals surface area contributed by atoms with Crippen LogP contribution in [-0.4, -0.2) is 45.4 Å². The van der Waals surface area contributed by atoms with Gasteiger partial charge >= 0.3 is 6.09 Å². The third kappa shape index (κ3) is 5.03. The fraction of sp³-hybridized carbons (Fsp3) is 0.611. The third-order valence-electron chi connectivity index (χ3n) is 4.28. The van der Waals surface area contributed by atoms with Gasteiger partial charge in [-0.1, -0.05) is 6.07 Å². The van der Waals surface area contributed by atoms with Crippen LogP contribution in [0.4, 0.5) is 4.79 Å². The second-order valence-electron chi connectivity index (χ2n) is 7.70. The van der Waals surface area contributed by atoms with Gasteiger partial charge in [-0.15, -0.1) is 0 Å². The van der Waals surface area contributed by atoms with Crippen molar-refractivity contribution in [3.8, 4) is 11.5 Å². The Morgan fingerprint density at radius 2 is 1.88 bits per heavy atom. The molecule has 0 bridgehead atoms. The second kappa shape index (κ2) is 6.89. The number of amides is 1. The Balaban J connectivity index is 1.85. The first-order valence-electron chi connectivity index (χ1n) is 8.32. The number of hydrogen-bond donors (Lipinski definition) is 3. The predicted octanol–water partition coefficient (Wildman–Crippen LogP) is 2.98. The second-order valence-corrected chi connectivity index (χ2v) is 7.70. The predicted molar refractivity (Wildman–Crippen MR) is 92.1 cm³/mol. The van der Waals surface area contributed by atoms with E-state index in [1.54, 1.807) is 17.0 Å². The van der Waals surface area contributed by atoms with E-state index in [2.05, 4.69) is 12.2 Å². The number of ether oxygens (including phenoxy) is 1. The minimum Gasteiger partial charge on any atom is -0.504 e. The van der Waals surface area contributed by atoms with Crippen LogP contribution in [0.1, 0.15) is 46.1 Å². The van der Waals surface area contributed by atoms with Gasteiger partial charge in [-0.2, -0.15) is 0 Å². The smallest absolute Gasteiger partial charge is 0.410 e. The molecule has 0 aliphatic carbocycles. The molecular weight excluding hydrogens is 308 g/mol. The van der Waals surface area contributed by atoms with Gasteiger partial charge < -0.3 is 25.2 Å². The molecule has 1 aromatic rings. The van der Waals surface area contributed by atoms with Crippen molar-refractivity contribution >= 4 is 6.09 Å². The molecule has 0 atom stereocenters. The maximum absolute atomic E-state index is 12.1. The van der Waals surface area contributed by atoms with Crippen LogP contribution in [0, 0.1) is 0 Å². The molecule has 0 aromatic heterocycles. The number of carbonyl (C=O) groups is 1. The number of nitrogens with zero attached hydrogens (tertiary/aromatic N) is 1. The molecule has 0 radical (unpaired) electrons. The molecule has 6 heteroatoms. The van der Waals surface area contributed by atoms with Gasteiger partial charge in [0.1, 0.15) is 5.60 Å². The van der Waals surface area contributed by atoms with Crippen LogP contribution >= 0.6 is 0 Å². The van der Waals surface area contributed by atoms with Crippen molar-refractivity contribution in [3.63, 3.8) is 0 Å². The number of phenolic OH excluding ortho intramolecular Hbond substituents is 2. The molecule has 1 aromatic carbocycles. The fourth-order valence-corrected chi connectivity index (χ4v) is 2.68. The summed E-state index contributed by atoms with van der Waals surface area (Å²) in [6, 6.07) is 4.82. The van der Waals surface area contributed by atoms with E-state index in [-0.39, 0.29) is 23.1 Å². The molecule has 1 fully saturated rings. The summed E-state index contributed by atoms with van der Waals surface area (Å²) in [7, 11) is 0. The summed E-state index contributed by atoms with van der Waals surface area (Å²) >= 11 is 0. The molecule has 1 heterocycles. The molecule has 0 spiro atoms. The van der Waals surface area contributed by atoms with Crippen molar-refractivity contribution in [1.29, 1.82) is 0 Å². The van der Waals surface area contributed by atoms with Crippen molar-refractivity contribution in [3.05, 3.63) is 23.8 Å². The van der Waals surface area contributed by atoms with E-state index in [0.29, 0.717) is 19.6 Å². The van der Waals surface area contributed by atoms with Gasteiger partial charge in [0.25, 0.3) is 0 Å². The summed E-state index contributed by atoms with van der Waals surface area (Å²) in [6.45, 7) is 9.64. The first kappa shape index (κ1) is 18.4. The van der Waals surface area contributed by atoms with Crippen LogP contribution in [0.25, 0.3) is 0 Å². The normalized spacial score (nSPS) is 17.6. The monoisotopic (exact) mass is 336 g/mol. The van der Waals surface area contributed by atoms with Crippen molar-refractivity contribution in [2.75, 3.05) is 13.1 Å². The van der Waals surface area contributed by atoms with Crippen LogP contribution in [0.5, 0.6) is 11.5 Å². The Morgan fingerprint density at radius 3 is 2.42 bits per heavy atom. The largest absolute Gasteiger partial charge is 0.504 e. The Morgan fingerprint density at radius 1 is 1.25 bits per heavy atom. The van der Waals surface area contributed by atoms with Gasteiger partial charge in [-0.05, 0) is 58.2 Å². The number of carbonyl (C=O) groups excluding carboxylic acids is 1. The van der Waals surface area contributed by atoms with E-state index in [0.717, 1.165) is 18.4 Å². The molecule has 3 N–H and O–H groups in total. The molecule has 2 rings (SSSR count). The minimum atomic E-state index is -0.475. The van der Waals surface area contributed by atoms with Crippen molar-refractivity contribution < 1.29 is 19.7 Å². The van der Waals surface area contributed by atoms with Gasteiger partial charge in [-0.3, -0.25) is 0 Å². The lowest BCUT2D eigenvalue weighted by Gasteiger charge is -2.40. The number of likely N-dealkylation sites (tertiary alicyclic amines) is 1. The lowest BCUT2D eigenvalue weighted by atomic mass is 9.89. The average Bonchev–Trinajstić information content (AvgIpc) is 2.47. The average molecular weight is 336 g/mol. The van der Waals surface area contributed by atoms with E-state index < -0.39 is 5.60 Å². The summed E-state index contributed by atoms with van der Waals surface area (Å²) in [5.41, 5.74) is 0.351. The first-order valence-corrected chi connectivity index (χ1v) is 8.32. The molecule has 6 nitrogen and oxygen atoms in total. The Bertz CT molecular complexity index is 587. The number of piperidine rings is 1. The molecular formula is C18H28N2O4. The summed E-state index contributed by atoms with van der Waals surface area (Å²) in [5.74, 6) is -0.227. The quantitative estimate of drug-likeness (QED) is 0.739. The highest BCUT2D eigenvalue weighted by Crippen LogP contribution is 2.27. The van der Waals surface area contributed by atoms with E-state index in [1.165, 1.54) is 6.07 Å². The summed E-state index contributed by atoms with van der Waals surface area (Å²) in [6.07, 6.45) is 1.40. The van der Waals surface area contributed by atoms with Gasteiger partial charge in [-0.25, -0.2) is 4.79 Å². The highest BCUT2D eigenvalue weighted by Gasteiger charge is 2.33. The fourth-order valence-electron chi connectivity index (χ4n) is 2.68. The lowest BCUT2D eigenvalue weighted by Crippen LogP contribution is -2.53. The van der Waals surface area contributed by atoms with Gasteiger partial charge in [0.2, 0.25) is 0 Å². The Hall–Kier alpha value is -1.95. The van der Waals surface area contributed by atoms with E-state index in [4.69, 9.17) is 4.74 Å². The summed E-state index contributed by atoms with van der Waals surface area (Å²) in [5, 5.41) is 22.4. The Kier molecular flexibility index (Phi) is 5.28. The number of aromatic hydroxyl groups is 2. The number of hydrogen-bond acceptors (Lipinski definition) is 5. The molecule has 134 valence electrons. The Labute approximate surface area is 143 Å². The maximum Gasteiger partial charge on any atom is 0.410 e. The number of phenols is 2. The van der Waals surface area contributed by atoms with E-state index >= 15 is 0 Å². The molecule has 0 saturated carbocycles. The highest BCUT2D eigenvalue weighted by atomic mass is 16.6. The van der Waals surface area contributed by atoms with Gasteiger partial charge in [0.15, 0.2) is 11.5 Å². The molecule has 1 aliphatic heterocycles. The van der Waals surface area contributed by atoms with Crippen molar-refractivity contribution in [2.45, 2.75) is 58.2 Å². The third-order valence-corrected chi connectivity index (χ3v) is 4.28. The van der Waals surface area contributed by atoms with Gasteiger partial charge in [0.05, 0.1) is 0 Å². The van der Waals surface area contributed by atoms with E-state index in [1.807, 2.05) is 20.8 Å². The van der Waals surface area contributed by atoms with Crippen molar-refractivity contribution in [1.82, 2.24) is 10.2 Å². The van der Waals surface area contributed by atoms with E-state index in [9.17, 15) is 15.0 Å². The topological polar surface area (TPSA) is 82.0 Å². The first-order chi connectivity index (χ1) is 11.1. The lowest BCUT2D eigenvalue weighted by molar-refractivity contribution is 0.0156. The molecule has 24 heavy (non-hydrogen) atoms. The zero-order valence-corrected chi connectivity index (χ0v) is 14.9. The van der Waals surface area contributed by atoms with Crippen LogP contribution in [0.15, 0.2) is 18.2 Å². The summed E-state index contributed by atoms with van der Waals surface area (Å²) < 4.78 is 5.41. The van der Waals surface area contributed by atoms with Crippen LogP contribution in [-0.2, 0) is 11.3 Å². The number of nitrogens with one attached hydrogen (secondary N) is 1. The summed E-state index contributed by atoms with van der Waals surface area (Å²) in [4.78, 5) is 13.9. The van der Waals surface area contributed by atoms with Crippen LogP contribution < -0.4 is 5.32 Å². The molecule has 1 aliphatic rings. The van der Waals surface area contributed by atoms with Crippen LogP contribution in [0.3, 0.4) is 0 Å². The standard InChI is InChI=1S/C18H28N2O4/c1-17(2,3)24-16(23)20-9-7-18(4,8-10-20)19-12-13-5-6-14(21)15(22)11-13/h5-6,11,19,21-22H,7-10,12H2,1-4H3. The SMILES string of the molecule is CC1(NCc2ccc(O)c(O)c2)CCN(C(=O)OC(C)(C)C)CC1. The minimum absolute atomic E-state index is 0.0774. The van der Waals surface area contributed by atoms with Gasteiger partial charge in [0, 0.05) is 25.2 Å². The van der Waals surface area contributed by atoms with Crippen molar-refractivity contribution in [2.24, 2.45) is 0 Å². The maximum atomic E-state index is 12.1. The van der Waals surface area contributed by atoms with Crippen LogP contribution in [0.2, 0.25) is 0 Å². The molecule has 0 unspecified atom stereocenters.